The van der Waals surface area contributed by atoms with Gasteiger partial charge >= 0.3 is 0 Å². The fourth-order valence-electron chi connectivity index (χ4n) is 4.08. The maximum atomic E-state index is 13.4. The van der Waals surface area contributed by atoms with Crippen molar-refractivity contribution in [3.8, 4) is 11.1 Å². The lowest BCUT2D eigenvalue weighted by atomic mass is 9.98. The maximum absolute atomic E-state index is 13.4. The molecule has 4 heteroatoms. The molecular weight excluding hydrogens is 337 g/mol. The number of halogens is 1. The minimum absolute atomic E-state index is 0.221. The molecule has 2 heterocycles. The van der Waals surface area contributed by atoms with Gasteiger partial charge in [0.25, 0.3) is 0 Å². The molecule has 0 spiro atoms. The van der Waals surface area contributed by atoms with Crippen molar-refractivity contribution >= 4 is 21.8 Å². The van der Waals surface area contributed by atoms with E-state index in [-0.39, 0.29) is 5.82 Å². The van der Waals surface area contributed by atoms with Crippen molar-refractivity contribution in [1.82, 2.24) is 14.8 Å². The molecule has 0 fully saturated rings. The molecule has 2 aromatic heterocycles. The molecule has 0 radical (unpaired) electrons. The second-order valence-corrected chi connectivity index (χ2v) is 7.46. The molecule has 0 saturated carbocycles. The predicted molar refractivity (Wildman–Crippen MR) is 110 cm³/mol. The zero-order valence-corrected chi connectivity index (χ0v) is 16.0. The van der Waals surface area contributed by atoms with Crippen molar-refractivity contribution in [1.29, 1.82) is 0 Å². The lowest BCUT2D eigenvalue weighted by Gasteiger charge is -2.14. The summed E-state index contributed by atoms with van der Waals surface area (Å²) in [5.74, 6) is 0.471. The Morgan fingerprint density at radius 1 is 1.07 bits per heavy atom. The summed E-state index contributed by atoms with van der Waals surface area (Å²) in [4.78, 5) is 3.17. The van der Waals surface area contributed by atoms with E-state index in [0.29, 0.717) is 5.92 Å². The van der Waals surface area contributed by atoms with E-state index in [1.165, 1.54) is 37.8 Å². The van der Waals surface area contributed by atoms with Gasteiger partial charge < -0.3 is 4.98 Å². The number of nitrogens with zero attached hydrogens (tertiary/aromatic N) is 2. The number of hydrogen-bond donors (Lipinski definition) is 1. The van der Waals surface area contributed by atoms with Gasteiger partial charge in [-0.1, -0.05) is 32.8 Å². The van der Waals surface area contributed by atoms with Crippen molar-refractivity contribution in [2.45, 2.75) is 46.1 Å². The predicted octanol–water partition coefficient (Wildman–Crippen LogP) is 6.54. The number of H-pyrrole nitrogens is 1. The van der Waals surface area contributed by atoms with Crippen molar-refractivity contribution in [2.24, 2.45) is 5.92 Å². The van der Waals surface area contributed by atoms with Crippen molar-refractivity contribution in [2.75, 3.05) is 0 Å². The Morgan fingerprint density at radius 3 is 2.67 bits per heavy atom. The van der Waals surface area contributed by atoms with Gasteiger partial charge in [0.2, 0.25) is 0 Å². The van der Waals surface area contributed by atoms with Crippen LogP contribution in [0.25, 0.3) is 32.9 Å². The van der Waals surface area contributed by atoms with Gasteiger partial charge in [-0.3, -0.25) is 4.68 Å². The molecule has 4 rings (SSSR count). The lowest BCUT2D eigenvalue weighted by Crippen LogP contribution is -2.11. The standard InChI is InChI=1S/C23H26FN3/c1-3-5-16(6-4-2)14-27-15-18-11-17(7-10-22(18)26-27)21-13-25-23-12-19(24)8-9-20(21)23/h7-13,15-16,25H,3-6,14H2,1-2H3. The monoisotopic (exact) mass is 363 g/mol. The van der Waals surface area contributed by atoms with E-state index >= 15 is 0 Å². The Hall–Kier alpha value is -2.62. The molecule has 4 aromatic rings. The van der Waals surface area contributed by atoms with Crippen LogP contribution in [-0.4, -0.2) is 14.8 Å². The van der Waals surface area contributed by atoms with Crippen LogP contribution >= 0.6 is 0 Å². The van der Waals surface area contributed by atoms with Gasteiger partial charge in [0, 0.05) is 40.8 Å². The minimum atomic E-state index is -0.221. The van der Waals surface area contributed by atoms with Crippen LogP contribution in [0.3, 0.4) is 0 Å². The first kappa shape index (κ1) is 17.8. The van der Waals surface area contributed by atoms with Gasteiger partial charge in [-0.2, -0.15) is 5.10 Å². The Labute approximate surface area is 159 Å². The Kier molecular flexibility index (Phi) is 4.97. The largest absolute Gasteiger partial charge is 0.360 e. The van der Waals surface area contributed by atoms with Crippen LogP contribution in [0.1, 0.15) is 39.5 Å². The Morgan fingerprint density at radius 2 is 1.89 bits per heavy atom. The molecule has 0 unspecified atom stereocenters. The van der Waals surface area contributed by atoms with Crippen LogP contribution in [0.4, 0.5) is 4.39 Å². The van der Waals surface area contributed by atoms with Crippen LogP contribution in [0.5, 0.6) is 0 Å². The van der Waals surface area contributed by atoms with Crippen LogP contribution in [-0.2, 0) is 6.54 Å². The van der Waals surface area contributed by atoms with E-state index in [4.69, 9.17) is 5.10 Å². The number of benzene rings is 2. The lowest BCUT2D eigenvalue weighted by molar-refractivity contribution is 0.365. The fourth-order valence-corrected chi connectivity index (χ4v) is 4.08. The smallest absolute Gasteiger partial charge is 0.125 e. The number of aromatic amines is 1. The van der Waals surface area contributed by atoms with Crippen molar-refractivity contribution in [3.05, 3.63) is 54.6 Å². The van der Waals surface area contributed by atoms with Crippen molar-refractivity contribution < 1.29 is 4.39 Å². The Balaban J connectivity index is 1.66. The van der Waals surface area contributed by atoms with E-state index in [1.54, 1.807) is 0 Å². The summed E-state index contributed by atoms with van der Waals surface area (Å²) in [6, 6.07) is 11.2. The topological polar surface area (TPSA) is 33.6 Å². The molecule has 0 aliphatic heterocycles. The van der Waals surface area contributed by atoms with Crippen LogP contribution < -0.4 is 0 Å². The first-order valence-corrected chi connectivity index (χ1v) is 9.92. The first-order valence-electron chi connectivity index (χ1n) is 9.92. The summed E-state index contributed by atoms with van der Waals surface area (Å²) in [6.45, 7) is 5.49. The second kappa shape index (κ2) is 7.55. The third-order valence-electron chi connectivity index (χ3n) is 5.35. The summed E-state index contributed by atoms with van der Waals surface area (Å²) in [6.07, 6.45) is 9.05. The molecule has 2 aromatic carbocycles. The highest BCUT2D eigenvalue weighted by molar-refractivity contribution is 5.97. The summed E-state index contributed by atoms with van der Waals surface area (Å²) in [5.41, 5.74) is 4.06. The molecule has 0 aliphatic rings. The molecule has 0 amide bonds. The van der Waals surface area contributed by atoms with Gasteiger partial charge in [0.15, 0.2) is 0 Å². The average Bonchev–Trinajstić information content (AvgIpc) is 3.24. The third kappa shape index (κ3) is 3.61. The quantitative estimate of drug-likeness (QED) is 0.397. The minimum Gasteiger partial charge on any atom is -0.360 e. The molecule has 140 valence electrons. The average molecular weight is 363 g/mol. The SMILES string of the molecule is CCCC(CCC)Cn1cc2cc(-c3c[nH]c4cc(F)ccc34)ccc2n1. The molecule has 0 saturated heterocycles. The second-order valence-electron chi connectivity index (χ2n) is 7.46. The van der Waals surface area contributed by atoms with E-state index in [0.717, 1.165) is 39.5 Å². The highest BCUT2D eigenvalue weighted by Crippen LogP contribution is 2.31. The highest BCUT2D eigenvalue weighted by Gasteiger charge is 2.12. The number of nitrogens with one attached hydrogen (secondary N) is 1. The van der Waals surface area contributed by atoms with E-state index in [9.17, 15) is 4.39 Å². The maximum Gasteiger partial charge on any atom is 0.125 e. The fraction of sp³-hybridized carbons (Fsp3) is 0.348. The van der Waals surface area contributed by atoms with Crippen LogP contribution in [0.15, 0.2) is 48.8 Å². The first-order chi connectivity index (χ1) is 13.2. The molecular formula is C23H26FN3. The van der Waals surface area contributed by atoms with Gasteiger partial charge in [-0.25, -0.2) is 4.39 Å². The molecule has 27 heavy (non-hydrogen) atoms. The zero-order valence-electron chi connectivity index (χ0n) is 16.0. The zero-order chi connectivity index (χ0) is 18.8. The van der Waals surface area contributed by atoms with E-state index < -0.39 is 0 Å². The molecule has 1 N–H and O–H groups in total. The summed E-state index contributed by atoms with van der Waals surface area (Å²) in [5, 5.41) is 6.96. The third-order valence-corrected chi connectivity index (χ3v) is 5.35. The number of rotatable bonds is 7. The summed E-state index contributed by atoms with van der Waals surface area (Å²) in [7, 11) is 0. The molecule has 0 atom stereocenters. The van der Waals surface area contributed by atoms with Gasteiger partial charge in [0.1, 0.15) is 5.82 Å². The van der Waals surface area contributed by atoms with Crippen molar-refractivity contribution in [3.63, 3.8) is 0 Å². The van der Waals surface area contributed by atoms with E-state index in [1.807, 2.05) is 12.3 Å². The van der Waals surface area contributed by atoms with Gasteiger partial charge in [0.05, 0.1) is 5.52 Å². The molecule has 3 nitrogen and oxygen atoms in total. The highest BCUT2D eigenvalue weighted by atomic mass is 19.1. The number of aromatic nitrogens is 3. The van der Waals surface area contributed by atoms with Crippen LogP contribution in [0, 0.1) is 11.7 Å². The summed E-state index contributed by atoms with van der Waals surface area (Å²) < 4.78 is 15.5. The van der Waals surface area contributed by atoms with Gasteiger partial charge in [-0.15, -0.1) is 0 Å². The summed E-state index contributed by atoms with van der Waals surface area (Å²) >= 11 is 0. The Bertz CT molecular complexity index is 1050. The number of hydrogen-bond acceptors (Lipinski definition) is 1. The van der Waals surface area contributed by atoms with E-state index in [2.05, 4.69) is 47.9 Å². The normalized spacial score (nSPS) is 11.9. The van der Waals surface area contributed by atoms with Crippen LogP contribution in [0.2, 0.25) is 0 Å². The van der Waals surface area contributed by atoms with Gasteiger partial charge in [-0.05, 0) is 54.7 Å². The molecule has 0 bridgehead atoms. The molecule has 0 aliphatic carbocycles. The number of fused-ring (bicyclic) bond motifs is 2.